The summed E-state index contributed by atoms with van der Waals surface area (Å²) in [6.45, 7) is 3.30. The van der Waals surface area contributed by atoms with E-state index in [1.54, 1.807) is 0 Å². The van der Waals surface area contributed by atoms with Gasteiger partial charge in [0, 0.05) is 23.7 Å². The highest BCUT2D eigenvalue weighted by atomic mass is 32.1. The van der Waals surface area contributed by atoms with Crippen molar-refractivity contribution in [3.63, 3.8) is 0 Å². The Bertz CT molecular complexity index is 379. The van der Waals surface area contributed by atoms with Gasteiger partial charge in [-0.2, -0.15) is 12.6 Å². The Morgan fingerprint density at radius 2 is 2.06 bits per heavy atom. The third-order valence-electron chi connectivity index (χ3n) is 3.92. The lowest BCUT2D eigenvalue weighted by Crippen LogP contribution is -2.27. The number of rotatable bonds is 2. The van der Waals surface area contributed by atoms with E-state index < -0.39 is 0 Å². The summed E-state index contributed by atoms with van der Waals surface area (Å²) >= 11 is 4.51. The zero-order valence-corrected chi connectivity index (χ0v) is 12.4. The molecule has 1 aliphatic rings. The fraction of sp³-hybridized carbons (Fsp3) is 0.667. The third-order valence-corrected chi connectivity index (χ3v) is 4.22. The molecule has 1 aliphatic heterocycles. The Balaban J connectivity index is 2.19. The maximum Gasteiger partial charge on any atom is 0.0360 e. The van der Waals surface area contributed by atoms with E-state index in [1.165, 1.54) is 49.8 Å². The minimum Gasteiger partial charge on any atom is -0.299 e. The van der Waals surface area contributed by atoms with Gasteiger partial charge in [0.05, 0.1) is 0 Å². The molecule has 18 heavy (non-hydrogen) atoms. The highest BCUT2D eigenvalue weighted by Gasteiger charge is 2.19. The Morgan fingerprint density at radius 3 is 2.83 bits per heavy atom. The number of nitrogens with zero attached hydrogens (tertiary/aromatic N) is 2. The summed E-state index contributed by atoms with van der Waals surface area (Å²) in [7, 11) is 2.24. The molecule has 0 spiro atoms. The second-order valence-electron chi connectivity index (χ2n) is 5.43. The molecule has 2 nitrogen and oxygen atoms in total. The van der Waals surface area contributed by atoms with Crippen LogP contribution >= 0.6 is 12.6 Å². The molecule has 100 valence electrons. The average molecular weight is 264 g/mol. The lowest BCUT2D eigenvalue weighted by atomic mass is 9.96. The van der Waals surface area contributed by atoms with Crippen molar-refractivity contribution in [3.05, 3.63) is 29.6 Å². The summed E-state index contributed by atoms with van der Waals surface area (Å²) in [6, 6.07) is 2.82. The highest BCUT2D eigenvalue weighted by molar-refractivity contribution is 7.80. The van der Waals surface area contributed by atoms with Crippen LogP contribution in [-0.2, 0) is 0 Å². The Morgan fingerprint density at radius 1 is 1.28 bits per heavy atom. The van der Waals surface area contributed by atoms with Crippen molar-refractivity contribution in [2.24, 2.45) is 0 Å². The molecular formula is C15H24N2S. The van der Waals surface area contributed by atoms with Crippen LogP contribution in [0.25, 0.3) is 0 Å². The van der Waals surface area contributed by atoms with Crippen molar-refractivity contribution in [2.75, 3.05) is 13.6 Å². The first-order valence-electron chi connectivity index (χ1n) is 7.01. The Hall–Kier alpha value is -0.540. The smallest absolute Gasteiger partial charge is 0.0360 e. The first kappa shape index (κ1) is 13.9. The normalized spacial score (nSPS) is 24.3. The van der Waals surface area contributed by atoms with Gasteiger partial charge < -0.3 is 0 Å². The summed E-state index contributed by atoms with van der Waals surface area (Å²) in [5, 5.41) is 0.260. The van der Waals surface area contributed by atoms with E-state index in [-0.39, 0.29) is 5.25 Å². The van der Waals surface area contributed by atoms with Crippen LogP contribution in [0.5, 0.6) is 0 Å². The van der Waals surface area contributed by atoms with Crippen LogP contribution < -0.4 is 0 Å². The van der Waals surface area contributed by atoms with Gasteiger partial charge in [0.15, 0.2) is 0 Å². The van der Waals surface area contributed by atoms with Gasteiger partial charge in [0.2, 0.25) is 0 Å². The molecule has 0 bridgehead atoms. The number of hydrogen-bond acceptors (Lipinski definition) is 3. The molecule has 2 rings (SSSR count). The number of hydrogen-bond donors (Lipinski definition) is 1. The van der Waals surface area contributed by atoms with Crippen molar-refractivity contribution < 1.29 is 0 Å². The first-order chi connectivity index (χ1) is 8.68. The molecule has 2 heterocycles. The van der Waals surface area contributed by atoms with Gasteiger partial charge in [0.25, 0.3) is 0 Å². The van der Waals surface area contributed by atoms with Crippen LogP contribution in [0.3, 0.4) is 0 Å². The van der Waals surface area contributed by atoms with E-state index in [4.69, 9.17) is 0 Å². The predicted octanol–water partition coefficient (Wildman–Crippen LogP) is 4.01. The molecule has 3 heteroatoms. The molecule has 2 unspecified atom stereocenters. The molecule has 1 fully saturated rings. The van der Waals surface area contributed by atoms with Crippen LogP contribution in [0.2, 0.25) is 0 Å². The Labute approximate surface area is 116 Å². The van der Waals surface area contributed by atoms with Crippen molar-refractivity contribution >= 4 is 12.6 Å². The van der Waals surface area contributed by atoms with Gasteiger partial charge in [-0.1, -0.05) is 25.3 Å². The van der Waals surface area contributed by atoms with E-state index in [9.17, 15) is 0 Å². The molecule has 2 atom stereocenters. The van der Waals surface area contributed by atoms with E-state index in [1.807, 2.05) is 12.4 Å². The van der Waals surface area contributed by atoms with Gasteiger partial charge >= 0.3 is 0 Å². The topological polar surface area (TPSA) is 16.1 Å². The van der Waals surface area contributed by atoms with Crippen LogP contribution in [0.4, 0.5) is 0 Å². The number of likely N-dealkylation sites (tertiary alicyclic amines) is 1. The molecule has 0 radical (unpaired) electrons. The fourth-order valence-corrected chi connectivity index (χ4v) is 2.88. The molecule has 0 saturated carbocycles. The van der Waals surface area contributed by atoms with Crippen molar-refractivity contribution in [1.82, 2.24) is 9.88 Å². The van der Waals surface area contributed by atoms with E-state index in [0.29, 0.717) is 6.04 Å². The second kappa shape index (κ2) is 6.58. The molecule has 1 aromatic rings. The Kier molecular flexibility index (Phi) is 5.07. The van der Waals surface area contributed by atoms with E-state index in [0.717, 1.165) is 0 Å². The third kappa shape index (κ3) is 3.48. The van der Waals surface area contributed by atoms with Crippen molar-refractivity contribution in [3.8, 4) is 0 Å². The lowest BCUT2D eigenvalue weighted by Gasteiger charge is -2.30. The molecule has 0 aliphatic carbocycles. The second-order valence-corrected chi connectivity index (χ2v) is 6.20. The lowest BCUT2D eigenvalue weighted by molar-refractivity contribution is 0.209. The van der Waals surface area contributed by atoms with Crippen LogP contribution in [0.15, 0.2) is 18.5 Å². The maximum atomic E-state index is 4.51. The largest absolute Gasteiger partial charge is 0.299 e. The van der Waals surface area contributed by atoms with Crippen molar-refractivity contribution in [2.45, 2.75) is 50.3 Å². The molecule has 1 saturated heterocycles. The molecule has 0 N–H and O–H groups in total. The molecular weight excluding hydrogens is 240 g/mol. The minimum atomic E-state index is 0.260. The maximum absolute atomic E-state index is 4.51. The summed E-state index contributed by atoms with van der Waals surface area (Å²) in [5.74, 6) is 0. The summed E-state index contributed by atoms with van der Waals surface area (Å²) < 4.78 is 0. The SMILES string of the molecule is CC(S)c1cncc(C2CCCCCCN2C)c1. The quantitative estimate of drug-likeness (QED) is 0.812. The van der Waals surface area contributed by atoms with E-state index in [2.05, 4.69) is 42.6 Å². The van der Waals surface area contributed by atoms with Crippen molar-refractivity contribution in [1.29, 1.82) is 0 Å². The monoisotopic (exact) mass is 264 g/mol. The number of aromatic nitrogens is 1. The van der Waals surface area contributed by atoms with Gasteiger partial charge in [-0.05, 0) is 44.5 Å². The first-order valence-corrected chi connectivity index (χ1v) is 7.53. The van der Waals surface area contributed by atoms with Gasteiger partial charge in [-0.25, -0.2) is 0 Å². The molecule has 0 aromatic carbocycles. The molecule has 0 amide bonds. The van der Waals surface area contributed by atoms with Crippen LogP contribution in [0.1, 0.15) is 61.4 Å². The van der Waals surface area contributed by atoms with E-state index >= 15 is 0 Å². The molecule has 1 aromatic heterocycles. The van der Waals surface area contributed by atoms with Gasteiger partial charge in [-0.15, -0.1) is 0 Å². The summed E-state index contributed by atoms with van der Waals surface area (Å²) in [4.78, 5) is 6.88. The zero-order valence-electron chi connectivity index (χ0n) is 11.5. The minimum absolute atomic E-state index is 0.260. The fourth-order valence-electron chi connectivity index (χ4n) is 2.74. The highest BCUT2D eigenvalue weighted by Crippen LogP contribution is 2.29. The average Bonchev–Trinajstić information content (AvgIpc) is 2.34. The van der Waals surface area contributed by atoms with Crippen LogP contribution in [-0.4, -0.2) is 23.5 Å². The van der Waals surface area contributed by atoms with Gasteiger partial charge in [-0.3, -0.25) is 9.88 Å². The summed E-state index contributed by atoms with van der Waals surface area (Å²) in [5.41, 5.74) is 2.59. The number of thiol groups is 1. The summed E-state index contributed by atoms with van der Waals surface area (Å²) in [6.07, 6.45) is 10.6. The van der Waals surface area contributed by atoms with Crippen LogP contribution in [0, 0.1) is 0 Å². The number of pyridine rings is 1. The zero-order chi connectivity index (χ0) is 13.0. The standard InChI is InChI=1S/C15H24N2S/c1-12(18)13-9-14(11-16-10-13)15-7-5-3-4-6-8-17(15)2/h9-12,15,18H,3-8H2,1-2H3. The van der Waals surface area contributed by atoms with Gasteiger partial charge in [0.1, 0.15) is 0 Å². The predicted molar refractivity (Wildman–Crippen MR) is 80.1 cm³/mol.